The van der Waals surface area contributed by atoms with Gasteiger partial charge in [-0.1, -0.05) is 47.8 Å². The van der Waals surface area contributed by atoms with Gasteiger partial charge in [0.15, 0.2) is 0 Å². The van der Waals surface area contributed by atoms with E-state index in [9.17, 15) is 0 Å². The largest absolute Gasteiger partial charge is 0.310 e. The fraction of sp³-hybridized carbons (Fsp3) is 0.529. The molecule has 0 aliphatic heterocycles. The van der Waals surface area contributed by atoms with Crippen molar-refractivity contribution in [3.63, 3.8) is 0 Å². The van der Waals surface area contributed by atoms with Crippen LogP contribution in [0.1, 0.15) is 44.6 Å². The van der Waals surface area contributed by atoms with E-state index in [1.165, 1.54) is 31.2 Å². The summed E-state index contributed by atoms with van der Waals surface area (Å²) in [5.41, 5.74) is 2.82. The molecule has 0 saturated carbocycles. The minimum atomic E-state index is 0.437. The highest BCUT2D eigenvalue weighted by Crippen LogP contribution is 2.26. The average Bonchev–Trinajstić information content (AvgIpc) is 2.48. The van der Waals surface area contributed by atoms with E-state index in [1.54, 1.807) is 5.57 Å². The Bertz CT molecular complexity index is 468. The molecule has 0 bridgehead atoms. The van der Waals surface area contributed by atoms with Crippen LogP contribution in [0.5, 0.6) is 0 Å². The van der Waals surface area contributed by atoms with Gasteiger partial charge in [-0.25, -0.2) is 0 Å². The molecule has 3 heteroatoms. The highest BCUT2D eigenvalue weighted by molar-refractivity contribution is 6.42. The van der Waals surface area contributed by atoms with Crippen LogP contribution in [0.3, 0.4) is 0 Å². The third-order valence-corrected chi connectivity index (χ3v) is 4.58. The lowest BCUT2D eigenvalue weighted by Gasteiger charge is -2.25. The molecule has 1 aromatic rings. The Morgan fingerprint density at radius 1 is 1.20 bits per heavy atom. The first-order valence-corrected chi connectivity index (χ1v) is 8.32. The summed E-state index contributed by atoms with van der Waals surface area (Å²) < 4.78 is 0. The molecule has 1 N–H and O–H groups in total. The van der Waals surface area contributed by atoms with Crippen molar-refractivity contribution in [3.8, 4) is 0 Å². The molecule has 110 valence electrons. The number of allylic oxidation sites excluding steroid dienone is 1. The summed E-state index contributed by atoms with van der Waals surface area (Å²) in [6, 6.07) is 6.41. The maximum absolute atomic E-state index is 6.12. The predicted molar refractivity (Wildman–Crippen MR) is 88.8 cm³/mol. The number of benzene rings is 1. The first-order chi connectivity index (χ1) is 9.70. The summed E-state index contributed by atoms with van der Waals surface area (Å²) >= 11 is 12.1. The molecule has 0 heterocycles. The predicted octanol–water partition coefficient (Wildman–Crippen LogP) is 5.40. The lowest BCUT2D eigenvalue weighted by Crippen LogP contribution is -2.34. The Kier molecular flexibility index (Phi) is 6.41. The van der Waals surface area contributed by atoms with Crippen LogP contribution in [0.2, 0.25) is 10.0 Å². The topological polar surface area (TPSA) is 12.0 Å². The lowest BCUT2D eigenvalue weighted by atomic mass is 9.90. The van der Waals surface area contributed by atoms with Gasteiger partial charge in [0, 0.05) is 6.04 Å². The van der Waals surface area contributed by atoms with Crippen molar-refractivity contribution < 1.29 is 0 Å². The second kappa shape index (κ2) is 8.07. The zero-order valence-corrected chi connectivity index (χ0v) is 13.6. The van der Waals surface area contributed by atoms with Crippen molar-refractivity contribution in [1.29, 1.82) is 0 Å². The van der Waals surface area contributed by atoms with E-state index in [2.05, 4.69) is 24.4 Å². The summed E-state index contributed by atoms with van der Waals surface area (Å²) in [4.78, 5) is 0. The van der Waals surface area contributed by atoms with Crippen LogP contribution in [-0.2, 0) is 6.42 Å². The molecule has 1 nitrogen and oxygen atoms in total. The van der Waals surface area contributed by atoms with E-state index < -0.39 is 0 Å². The summed E-state index contributed by atoms with van der Waals surface area (Å²) in [5, 5.41) is 4.96. The van der Waals surface area contributed by atoms with Crippen molar-refractivity contribution >= 4 is 23.2 Å². The summed E-state index contributed by atoms with van der Waals surface area (Å²) in [6.45, 7) is 3.27. The maximum atomic E-state index is 6.12. The van der Waals surface area contributed by atoms with Crippen LogP contribution in [0.25, 0.3) is 0 Å². The number of rotatable bonds is 6. The molecule has 1 atom stereocenters. The van der Waals surface area contributed by atoms with Gasteiger partial charge in [0.1, 0.15) is 0 Å². The normalized spacial score (nSPS) is 16.9. The van der Waals surface area contributed by atoms with Gasteiger partial charge in [0.25, 0.3) is 0 Å². The highest BCUT2D eigenvalue weighted by atomic mass is 35.5. The Hall–Kier alpha value is -0.500. The average molecular weight is 312 g/mol. The number of hydrogen-bond donors (Lipinski definition) is 1. The number of nitrogens with one attached hydrogen (secondary N) is 1. The van der Waals surface area contributed by atoms with Crippen LogP contribution in [0.4, 0.5) is 0 Å². The molecule has 0 saturated heterocycles. The van der Waals surface area contributed by atoms with Gasteiger partial charge in [-0.15, -0.1) is 0 Å². The van der Waals surface area contributed by atoms with Gasteiger partial charge in [0.05, 0.1) is 10.0 Å². The molecule has 0 radical (unpaired) electrons. The SMILES string of the molecule is CCCNC(Cc1ccc(Cl)c(Cl)c1)C1=CCCCC1. The molecule has 2 rings (SSSR count). The van der Waals surface area contributed by atoms with Gasteiger partial charge >= 0.3 is 0 Å². The molecule has 0 fully saturated rings. The Morgan fingerprint density at radius 2 is 2.05 bits per heavy atom. The van der Waals surface area contributed by atoms with E-state index in [0.29, 0.717) is 16.1 Å². The van der Waals surface area contributed by atoms with E-state index in [0.717, 1.165) is 19.4 Å². The molecule has 20 heavy (non-hydrogen) atoms. The lowest BCUT2D eigenvalue weighted by molar-refractivity contribution is 0.526. The van der Waals surface area contributed by atoms with Crippen molar-refractivity contribution in [1.82, 2.24) is 5.32 Å². The summed E-state index contributed by atoms with van der Waals surface area (Å²) in [7, 11) is 0. The zero-order chi connectivity index (χ0) is 14.4. The first-order valence-electron chi connectivity index (χ1n) is 7.57. The van der Waals surface area contributed by atoms with E-state index >= 15 is 0 Å². The summed E-state index contributed by atoms with van der Waals surface area (Å²) in [5.74, 6) is 0. The zero-order valence-electron chi connectivity index (χ0n) is 12.1. The molecular formula is C17H23Cl2N. The second-order valence-corrected chi connectivity index (χ2v) is 6.30. The van der Waals surface area contributed by atoms with Crippen LogP contribution in [-0.4, -0.2) is 12.6 Å². The molecular weight excluding hydrogens is 289 g/mol. The third kappa shape index (κ3) is 4.51. The van der Waals surface area contributed by atoms with Crippen molar-refractivity contribution in [2.45, 2.75) is 51.5 Å². The third-order valence-electron chi connectivity index (χ3n) is 3.84. The van der Waals surface area contributed by atoms with Crippen LogP contribution >= 0.6 is 23.2 Å². The van der Waals surface area contributed by atoms with Crippen molar-refractivity contribution in [2.75, 3.05) is 6.54 Å². The van der Waals surface area contributed by atoms with Crippen molar-refractivity contribution in [2.24, 2.45) is 0 Å². The van der Waals surface area contributed by atoms with Crippen LogP contribution in [0, 0.1) is 0 Å². The molecule has 1 unspecified atom stereocenters. The van der Waals surface area contributed by atoms with Gasteiger partial charge in [-0.2, -0.15) is 0 Å². The molecule has 0 spiro atoms. The fourth-order valence-corrected chi connectivity index (χ4v) is 3.06. The van der Waals surface area contributed by atoms with Crippen LogP contribution in [0.15, 0.2) is 29.8 Å². The fourth-order valence-electron chi connectivity index (χ4n) is 2.73. The monoisotopic (exact) mass is 311 g/mol. The van der Waals surface area contributed by atoms with Gasteiger partial charge < -0.3 is 5.32 Å². The molecule has 0 amide bonds. The highest BCUT2D eigenvalue weighted by Gasteiger charge is 2.16. The number of hydrogen-bond acceptors (Lipinski definition) is 1. The second-order valence-electron chi connectivity index (χ2n) is 5.48. The van der Waals surface area contributed by atoms with Gasteiger partial charge in [-0.05, 0) is 62.8 Å². The van der Waals surface area contributed by atoms with Gasteiger partial charge in [-0.3, -0.25) is 0 Å². The molecule has 1 aliphatic rings. The Labute approximate surface area is 132 Å². The van der Waals surface area contributed by atoms with Crippen molar-refractivity contribution in [3.05, 3.63) is 45.5 Å². The molecule has 0 aromatic heterocycles. The Morgan fingerprint density at radius 3 is 2.70 bits per heavy atom. The number of halogens is 2. The van der Waals surface area contributed by atoms with E-state index in [4.69, 9.17) is 23.2 Å². The maximum Gasteiger partial charge on any atom is 0.0595 e. The smallest absolute Gasteiger partial charge is 0.0595 e. The van der Waals surface area contributed by atoms with E-state index in [-0.39, 0.29) is 0 Å². The standard InChI is InChI=1S/C17H23Cl2N/c1-2-10-20-17(14-6-4-3-5-7-14)12-13-8-9-15(18)16(19)11-13/h6,8-9,11,17,20H,2-5,7,10,12H2,1H3. The Balaban J connectivity index is 2.09. The molecule has 1 aromatic carbocycles. The quantitative estimate of drug-likeness (QED) is 0.693. The first kappa shape index (κ1) is 15.9. The molecule has 1 aliphatic carbocycles. The van der Waals surface area contributed by atoms with Crippen LogP contribution < -0.4 is 5.32 Å². The minimum absolute atomic E-state index is 0.437. The summed E-state index contributed by atoms with van der Waals surface area (Å²) in [6.07, 6.45) is 9.67. The minimum Gasteiger partial charge on any atom is -0.310 e. The van der Waals surface area contributed by atoms with Gasteiger partial charge in [0.2, 0.25) is 0 Å². The van der Waals surface area contributed by atoms with E-state index in [1.807, 2.05) is 12.1 Å².